The summed E-state index contributed by atoms with van der Waals surface area (Å²) in [6, 6.07) is 3.73. The lowest BCUT2D eigenvalue weighted by Gasteiger charge is -2.11. The number of carbonyl (C=O) groups excluding carboxylic acids is 1. The van der Waals surface area contributed by atoms with Crippen molar-refractivity contribution < 1.29 is 9.00 Å². The predicted octanol–water partition coefficient (Wildman–Crippen LogP) is 1.43. The highest BCUT2D eigenvalue weighted by Gasteiger charge is 2.28. The van der Waals surface area contributed by atoms with Gasteiger partial charge in [-0.2, -0.15) is 5.10 Å². The van der Waals surface area contributed by atoms with Gasteiger partial charge >= 0.3 is 0 Å². The summed E-state index contributed by atoms with van der Waals surface area (Å²) in [5, 5.41) is 7.94. The molecule has 164 valence electrons. The first-order chi connectivity index (χ1) is 14.8. The molecule has 9 nitrogen and oxygen atoms in total. The number of nitrogens with zero attached hydrogens (tertiary/aromatic N) is 3. The van der Waals surface area contributed by atoms with Gasteiger partial charge in [0, 0.05) is 42.2 Å². The minimum Gasteiger partial charge on any atom is -0.348 e. The Labute approximate surface area is 182 Å². The lowest BCUT2D eigenvalue weighted by molar-refractivity contribution is 0.0952. The van der Waals surface area contributed by atoms with E-state index < -0.39 is 11.0 Å². The van der Waals surface area contributed by atoms with Gasteiger partial charge in [0.25, 0.3) is 11.5 Å². The van der Waals surface area contributed by atoms with Crippen molar-refractivity contribution >= 4 is 27.9 Å². The van der Waals surface area contributed by atoms with Crippen LogP contribution in [0.2, 0.25) is 0 Å². The molecule has 3 heterocycles. The Morgan fingerprint density at radius 3 is 2.77 bits per heavy atom. The van der Waals surface area contributed by atoms with Crippen molar-refractivity contribution in [2.24, 2.45) is 0 Å². The average Bonchev–Trinajstić information content (AvgIpc) is 3.47. The molecule has 3 aromatic rings. The monoisotopic (exact) mass is 442 g/mol. The van der Waals surface area contributed by atoms with Gasteiger partial charge in [-0.1, -0.05) is 0 Å². The van der Waals surface area contributed by atoms with Crippen molar-refractivity contribution in [1.82, 2.24) is 29.8 Å². The highest BCUT2D eigenvalue weighted by Crippen LogP contribution is 2.40. The van der Waals surface area contributed by atoms with E-state index in [0.717, 1.165) is 29.8 Å². The van der Waals surface area contributed by atoms with Crippen LogP contribution in [0, 0.1) is 13.8 Å². The molecular weight excluding hydrogens is 416 g/mol. The van der Waals surface area contributed by atoms with Crippen LogP contribution in [-0.4, -0.2) is 42.7 Å². The number of amides is 1. The van der Waals surface area contributed by atoms with Crippen LogP contribution in [0.1, 0.15) is 51.6 Å². The van der Waals surface area contributed by atoms with Crippen LogP contribution >= 0.6 is 0 Å². The van der Waals surface area contributed by atoms with Crippen molar-refractivity contribution in [1.29, 1.82) is 0 Å². The number of pyridine rings is 2. The van der Waals surface area contributed by atoms with E-state index in [1.54, 1.807) is 17.1 Å². The minimum atomic E-state index is -1.10. The number of H-pyrrole nitrogens is 1. The van der Waals surface area contributed by atoms with E-state index in [9.17, 15) is 13.8 Å². The van der Waals surface area contributed by atoms with Gasteiger partial charge in [-0.25, -0.2) is 18.6 Å². The summed E-state index contributed by atoms with van der Waals surface area (Å²) in [6.45, 7) is 4.80. The molecule has 10 heteroatoms. The van der Waals surface area contributed by atoms with Crippen molar-refractivity contribution in [3.63, 3.8) is 0 Å². The van der Waals surface area contributed by atoms with Gasteiger partial charge in [-0.3, -0.25) is 9.59 Å². The number of fused-ring (bicyclic) bond motifs is 1. The van der Waals surface area contributed by atoms with E-state index in [1.165, 1.54) is 0 Å². The Morgan fingerprint density at radius 1 is 1.32 bits per heavy atom. The lowest BCUT2D eigenvalue weighted by atomic mass is 10.1. The number of aromatic nitrogens is 4. The zero-order valence-electron chi connectivity index (χ0n) is 17.8. The van der Waals surface area contributed by atoms with Crippen molar-refractivity contribution in [3.8, 4) is 0 Å². The molecule has 1 aliphatic rings. The molecule has 0 aromatic carbocycles. The van der Waals surface area contributed by atoms with Crippen molar-refractivity contribution in [2.75, 3.05) is 12.8 Å². The Bertz CT molecular complexity index is 1230. The molecule has 3 N–H and O–H groups in total. The molecule has 0 spiro atoms. The first-order valence-electron chi connectivity index (χ1n) is 10.2. The molecule has 0 radical (unpaired) electrons. The van der Waals surface area contributed by atoms with Crippen molar-refractivity contribution in [3.05, 3.63) is 56.8 Å². The fourth-order valence-corrected chi connectivity index (χ4v) is 4.05. The van der Waals surface area contributed by atoms with Gasteiger partial charge in [-0.15, -0.1) is 0 Å². The smallest absolute Gasteiger partial charge is 0.253 e. The van der Waals surface area contributed by atoms with Gasteiger partial charge < -0.3 is 10.3 Å². The second-order valence-electron chi connectivity index (χ2n) is 7.95. The Kier molecular flexibility index (Phi) is 6.01. The maximum atomic E-state index is 13.1. The minimum absolute atomic E-state index is 0.142. The summed E-state index contributed by atoms with van der Waals surface area (Å²) in [6.07, 6.45) is 5.33. The number of nitrogens with one attached hydrogen (secondary N) is 3. The third-order valence-electron chi connectivity index (χ3n) is 5.42. The van der Waals surface area contributed by atoms with Crippen molar-refractivity contribution in [2.45, 2.75) is 45.7 Å². The maximum absolute atomic E-state index is 13.1. The number of aromatic amines is 1. The highest BCUT2D eigenvalue weighted by atomic mass is 32.2. The molecule has 31 heavy (non-hydrogen) atoms. The zero-order valence-corrected chi connectivity index (χ0v) is 18.6. The quantitative estimate of drug-likeness (QED) is 0.487. The van der Waals surface area contributed by atoms with E-state index >= 15 is 0 Å². The number of aryl methyl sites for hydroxylation is 2. The molecule has 0 saturated heterocycles. The fraction of sp³-hybridized carbons (Fsp3) is 0.429. The summed E-state index contributed by atoms with van der Waals surface area (Å²) in [5.41, 5.74) is 4.01. The molecule has 0 aliphatic heterocycles. The number of hydrogen-bond acceptors (Lipinski definition) is 5. The van der Waals surface area contributed by atoms with Gasteiger partial charge in [-0.05, 0) is 44.4 Å². The normalized spacial score (nSPS) is 14.7. The SMILES string of the molecule is Cc1cc(C)c(CNC(=O)c2cc(C3CC3)nc3c2cnn3CCNS(C)=O)c(=O)[nH]1. The average molecular weight is 443 g/mol. The van der Waals surface area contributed by atoms with Crippen LogP contribution in [0.15, 0.2) is 23.1 Å². The Balaban J connectivity index is 1.61. The molecule has 4 rings (SSSR count). The number of carbonyl (C=O) groups is 1. The van der Waals surface area contributed by atoms with Crippen LogP contribution in [0.3, 0.4) is 0 Å². The van der Waals surface area contributed by atoms with Crippen LogP contribution < -0.4 is 15.6 Å². The molecule has 1 saturated carbocycles. The number of hydrogen-bond donors (Lipinski definition) is 3. The zero-order chi connectivity index (χ0) is 22.1. The maximum Gasteiger partial charge on any atom is 0.253 e. The van der Waals surface area contributed by atoms with E-state index in [0.29, 0.717) is 41.2 Å². The van der Waals surface area contributed by atoms with E-state index in [4.69, 9.17) is 4.98 Å². The molecule has 1 unspecified atom stereocenters. The molecule has 1 amide bonds. The van der Waals surface area contributed by atoms with E-state index in [2.05, 4.69) is 20.1 Å². The Hall–Kier alpha value is -2.85. The first-order valence-corrected chi connectivity index (χ1v) is 11.8. The van der Waals surface area contributed by atoms with Gasteiger partial charge in [0.15, 0.2) is 5.65 Å². The molecule has 3 aromatic heterocycles. The summed E-state index contributed by atoms with van der Waals surface area (Å²) in [5.74, 6) is 0.101. The molecule has 0 bridgehead atoms. The topological polar surface area (TPSA) is 122 Å². The summed E-state index contributed by atoms with van der Waals surface area (Å²) < 4.78 is 15.9. The van der Waals surface area contributed by atoms with Gasteiger partial charge in [0.2, 0.25) is 0 Å². The van der Waals surface area contributed by atoms with Crippen LogP contribution in [0.25, 0.3) is 11.0 Å². The number of rotatable bonds is 8. The second kappa shape index (κ2) is 8.72. The second-order valence-corrected chi connectivity index (χ2v) is 9.15. The lowest BCUT2D eigenvalue weighted by Crippen LogP contribution is -2.28. The summed E-state index contributed by atoms with van der Waals surface area (Å²) in [4.78, 5) is 32.9. The summed E-state index contributed by atoms with van der Waals surface area (Å²) in [7, 11) is -1.10. The van der Waals surface area contributed by atoms with Crippen LogP contribution in [-0.2, 0) is 24.1 Å². The largest absolute Gasteiger partial charge is 0.348 e. The first kappa shape index (κ1) is 21.4. The third kappa shape index (κ3) is 4.75. The standard InChI is InChI=1S/C21H26N6O3S/c1-12-8-13(2)25-21(29)16(12)10-22-20(28)15-9-18(14-4-5-14)26-19-17(15)11-23-27(19)7-6-24-31(3)30/h8-9,11,14,24H,4-7,10H2,1-3H3,(H,22,28)(H,25,29). The third-order valence-corrected chi connectivity index (χ3v) is 6.03. The highest BCUT2D eigenvalue weighted by molar-refractivity contribution is 7.82. The Morgan fingerprint density at radius 2 is 2.10 bits per heavy atom. The fourth-order valence-electron chi connectivity index (χ4n) is 3.67. The molecule has 1 fully saturated rings. The van der Waals surface area contributed by atoms with Crippen LogP contribution in [0.4, 0.5) is 0 Å². The van der Waals surface area contributed by atoms with E-state index in [-0.39, 0.29) is 18.0 Å². The predicted molar refractivity (Wildman–Crippen MR) is 119 cm³/mol. The molecule has 1 atom stereocenters. The van der Waals surface area contributed by atoms with E-state index in [1.807, 2.05) is 26.0 Å². The molecular formula is C21H26N6O3S. The van der Waals surface area contributed by atoms with Gasteiger partial charge in [0.1, 0.15) is 0 Å². The molecule has 1 aliphatic carbocycles. The van der Waals surface area contributed by atoms with Gasteiger partial charge in [0.05, 0.1) is 34.7 Å². The summed E-state index contributed by atoms with van der Waals surface area (Å²) >= 11 is 0. The van der Waals surface area contributed by atoms with Crippen LogP contribution in [0.5, 0.6) is 0 Å².